The maximum Gasteiger partial charge on any atom is 0.142 e. The lowest BCUT2D eigenvalue weighted by atomic mass is 9.78. The van der Waals surface area contributed by atoms with E-state index in [0.717, 1.165) is 12.3 Å². The molecule has 0 saturated carbocycles. The van der Waals surface area contributed by atoms with Gasteiger partial charge in [0.2, 0.25) is 0 Å². The summed E-state index contributed by atoms with van der Waals surface area (Å²) in [6, 6.07) is 15.7. The average molecular weight is 352 g/mol. The second-order valence-corrected chi connectivity index (χ2v) is 9.62. The van der Waals surface area contributed by atoms with Gasteiger partial charge in [-0.1, -0.05) is 84.0 Å². The van der Waals surface area contributed by atoms with Crippen LogP contribution in [0.2, 0.25) is 0 Å². The molecule has 2 heteroatoms. The van der Waals surface area contributed by atoms with E-state index in [1.54, 1.807) is 0 Å². The van der Waals surface area contributed by atoms with Crippen molar-refractivity contribution in [2.24, 2.45) is 0 Å². The zero-order valence-corrected chi connectivity index (χ0v) is 17.4. The third kappa shape index (κ3) is 3.81. The second kappa shape index (κ2) is 6.74. The minimum atomic E-state index is 0.0680. The topological polar surface area (TPSA) is 12.5 Å². The molecule has 0 aromatic heterocycles. The fraction of sp³-hybridized carbons (Fsp3) is 0.500. The number of benzene rings is 2. The van der Waals surface area contributed by atoms with Crippen LogP contribution in [0, 0.1) is 0 Å². The van der Waals surface area contributed by atoms with Crippen molar-refractivity contribution in [3.05, 3.63) is 64.7 Å². The van der Waals surface area contributed by atoms with E-state index in [-0.39, 0.29) is 10.8 Å². The monoisotopic (exact) mass is 351 g/mol. The van der Waals surface area contributed by atoms with E-state index < -0.39 is 0 Å². The van der Waals surface area contributed by atoms with Gasteiger partial charge < -0.3 is 4.74 Å². The van der Waals surface area contributed by atoms with Crippen molar-refractivity contribution in [1.82, 2.24) is 4.90 Å². The molecule has 0 bridgehead atoms. The Morgan fingerprint density at radius 1 is 0.923 bits per heavy atom. The van der Waals surface area contributed by atoms with Crippen LogP contribution in [0.3, 0.4) is 0 Å². The van der Waals surface area contributed by atoms with Crippen molar-refractivity contribution in [2.75, 3.05) is 6.73 Å². The first-order valence-electron chi connectivity index (χ1n) is 9.67. The average Bonchev–Trinajstić information content (AvgIpc) is 2.58. The van der Waals surface area contributed by atoms with E-state index >= 15 is 0 Å². The van der Waals surface area contributed by atoms with Gasteiger partial charge >= 0.3 is 0 Å². The Labute approximate surface area is 159 Å². The second-order valence-electron chi connectivity index (χ2n) is 9.62. The highest BCUT2D eigenvalue weighted by molar-refractivity contribution is 5.50. The van der Waals surface area contributed by atoms with Crippen LogP contribution in [0.15, 0.2) is 42.5 Å². The molecule has 2 nitrogen and oxygen atoms in total. The van der Waals surface area contributed by atoms with E-state index in [0.29, 0.717) is 12.8 Å². The summed E-state index contributed by atoms with van der Waals surface area (Å²) < 4.78 is 6.33. The number of ether oxygens (including phenoxy) is 1. The molecule has 0 aliphatic carbocycles. The van der Waals surface area contributed by atoms with Crippen LogP contribution in [-0.2, 0) is 17.4 Å². The Hall–Kier alpha value is -1.80. The van der Waals surface area contributed by atoms with Gasteiger partial charge in [0.1, 0.15) is 12.5 Å². The normalized spacial score (nSPS) is 16.7. The Bertz CT molecular complexity index is 765. The fourth-order valence-corrected chi connectivity index (χ4v) is 3.57. The standard InChI is InChI=1S/C24H33NO/c1-17(18-11-9-8-10-12-18)25-15-19-13-20(23(2,3)4)14-21(24(5,6)7)22(19)26-16-25/h8-14,17H,15-16H2,1-7H3/t17-/m1/s1. The van der Waals surface area contributed by atoms with Crippen LogP contribution in [-0.4, -0.2) is 11.6 Å². The molecule has 0 unspecified atom stereocenters. The summed E-state index contributed by atoms with van der Waals surface area (Å²) in [5.41, 5.74) is 5.56. The molecule has 1 heterocycles. The smallest absolute Gasteiger partial charge is 0.142 e. The molecule has 0 N–H and O–H groups in total. The summed E-state index contributed by atoms with van der Waals surface area (Å²) in [6.07, 6.45) is 0. The predicted molar refractivity (Wildman–Crippen MR) is 110 cm³/mol. The summed E-state index contributed by atoms with van der Waals surface area (Å²) in [5.74, 6) is 1.10. The largest absolute Gasteiger partial charge is 0.477 e. The van der Waals surface area contributed by atoms with Crippen molar-refractivity contribution in [3.8, 4) is 5.75 Å². The summed E-state index contributed by atoms with van der Waals surface area (Å²) in [4.78, 5) is 2.41. The molecule has 3 rings (SSSR count). The van der Waals surface area contributed by atoms with Gasteiger partial charge in [0.05, 0.1) is 0 Å². The maximum atomic E-state index is 6.33. The molecule has 1 atom stereocenters. The van der Waals surface area contributed by atoms with Gasteiger partial charge in [0.15, 0.2) is 0 Å². The van der Waals surface area contributed by atoms with Gasteiger partial charge in [-0.05, 0) is 28.9 Å². The quantitative estimate of drug-likeness (QED) is 0.639. The molecule has 1 aliphatic rings. The van der Waals surface area contributed by atoms with Crippen LogP contribution < -0.4 is 4.74 Å². The molecular weight excluding hydrogens is 318 g/mol. The van der Waals surface area contributed by atoms with Crippen LogP contribution in [0.1, 0.15) is 76.8 Å². The van der Waals surface area contributed by atoms with Crippen molar-refractivity contribution in [3.63, 3.8) is 0 Å². The summed E-state index contributed by atoms with van der Waals surface area (Å²) in [6.45, 7) is 17.5. The molecule has 0 fully saturated rings. The molecule has 26 heavy (non-hydrogen) atoms. The predicted octanol–water partition coefficient (Wildman–Crippen LogP) is 6.19. The number of hydrogen-bond acceptors (Lipinski definition) is 2. The highest BCUT2D eigenvalue weighted by Gasteiger charge is 2.30. The van der Waals surface area contributed by atoms with Crippen molar-refractivity contribution < 1.29 is 4.74 Å². The van der Waals surface area contributed by atoms with Gasteiger partial charge in [-0.3, -0.25) is 4.90 Å². The SMILES string of the molecule is C[C@H](c1ccccc1)N1COc2c(cc(C(C)(C)C)cc2C(C)(C)C)C1. The lowest BCUT2D eigenvalue weighted by molar-refractivity contribution is 0.0599. The Balaban J connectivity index is 1.99. The third-order valence-electron chi connectivity index (χ3n) is 5.42. The summed E-state index contributed by atoms with van der Waals surface area (Å²) in [5, 5.41) is 0. The van der Waals surface area contributed by atoms with Gasteiger partial charge in [0, 0.05) is 23.7 Å². The third-order valence-corrected chi connectivity index (χ3v) is 5.42. The highest BCUT2D eigenvalue weighted by atomic mass is 16.5. The number of hydrogen-bond donors (Lipinski definition) is 0. The maximum absolute atomic E-state index is 6.33. The van der Waals surface area contributed by atoms with Gasteiger partial charge in [0.25, 0.3) is 0 Å². The number of nitrogens with zero attached hydrogens (tertiary/aromatic N) is 1. The lowest BCUT2D eigenvalue weighted by Crippen LogP contribution is -2.35. The molecule has 0 saturated heterocycles. The fourth-order valence-electron chi connectivity index (χ4n) is 3.57. The van der Waals surface area contributed by atoms with Crippen LogP contribution in [0.25, 0.3) is 0 Å². The first-order valence-corrected chi connectivity index (χ1v) is 9.67. The van der Waals surface area contributed by atoms with E-state index in [4.69, 9.17) is 4.74 Å². The van der Waals surface area contributed by atoms with E-state index in [1.807, 2.05) is 0 Å². The first-order chi connectivity index (χ1) is 12.1. The minimum Gasteiger partial charge on any atom is -0.477 e. The molecule has 0 amide bonds. The van der Waals surface area contributed by atoms with E-state index in [1.165, 1.54) is 22.3 Å². The van der Waals surface area contributed by atoms with Crippen LogP contribution in [0.5, 0.6) is 5.75 Å². The Kier molecular flexibility index (Phi) is 4.92. The Morgan fingerprint density at radius 2 is 1.58 bits per heavy atom. The van der Waals surface area contributed by atoms with E-state index in [9.17, 15) is 0 Å². The summed E-state index contributed by atoms with van der Waals surface area (Å²) in [7, 11) is 0. The molecule has 0 spiro atoms. The van der Waals surface area contributed by atoms with Gasteiger partial charge in [-0.15, -0.1) is 0 Å². The van der Waals surface area contributed by atoms with Crippen molar-refractivity contribution in [2.45, 2.75) is 71.9 Å². The molecule has 2 aromatic rings. The zero-order valence-electron chi connectivity index (χ0n) is 17.4. The molecular formula is C24H33NO. The van der Waals surface area contributed by atoms with Crippen molar-refractivity contribution >= 4 is 0 Å². The number of rotatable bonds is 2. The van der Waals surface area contributed by atoms with E-state index in [2.05, 4.69) is 95.8 Å². The van der Waals surface area contributed by atoms with Crippen LogP contribution in [0.4, 0.5) is 0 Å². The zero-order chi connectivity index (χ0) is 19.1. The van der Waals surface area contributed by atoms with Crippen LogP contribution >= 0.6 is 0 Å². The molecule has 0 radical (unpaired) electrons. The van der Waals surface area contributed by atoms with Gasteiger partial charge in [-0.25, -0.2) is 0 Å². The lowest BCUT2D eigenvalue weighted by Gasteiger charge is -2.37. The minimum absolute atomic E-state index is 0.0680. The number of fused-ring (bicyclic) bond motifs is 1. The highest BCUT2D eigenvalue weighted by Crippen LogP contribution is 2.41. The first kappa shape index (κ1) is 19.0. The van der Waals surface area contributed by atoms with Gasteiger partial charge in [-0.2, -0.15) is 0 Å². The molecule has 140 valence electrons. The summed E-state index contributed by atoms with van der Waals surface area (Å²) >= 11 is 0. The molecule has 2 aromatic carbocycles. The molecule has 1 aliphatic heterocycles. The Morgan fingerprint density at radius 3 is 2.15 bits per heavy atom. The van der Waals surface area contributed by atoms with Crippen molar-refractivity contribution in [1.29, 1.82) is 0 Å².